The molecule has 4 heteroatoms. The van der Waals surface area contributed by atoms with Crippen molar-refractivity contribution in [2.75, 3.05) is 11.2 Å². The van der Waals surface area contributed by atoms with Gasteiger partial charge in [-0.3, -0.25) is 4.98 Å². The second-order valence-electron chi connectivity index (χ2n) is 4.44. The fourth-order valence-corrected chi connectivity index (χ4v) is 2.68. The van der Waals surface area contributed by atoms with Gasteiger partial charge in [0.05, 0.1) is 5.69 Å². The van der Waals surface area contributed by atoms with Crippen LogP contribution in [0, 0.1) is 12.8 Å². The number of aromatic nitrogens is 2. The molecule has 1 aliphatic rings. The number of hydrogen-bond donors (Lipinski definition) is 1. The van der Waals surface area contributed by atoms with E-state index in [-0.39, 0.29) is 0 Å². The van der Waals surface area contributed by atoms with Crippen LogP contribution in [0.25, 0.3) is 0 Å². The Morgan fingerprint density at radius 1 is 1.31 bits per heavy atom. The van der Waals surface area contributed by atoms with Gasteiger partial charge in [-0.15, -0.1) is 11.6 Å². The number of nitrogens with one attached hydrogen (secondary N) is 1. The normalized spacial score (nSPS) is 25.4. The van der Waals surface area contributed by atoms with Crippen molar-refractivity contribution >= 4 is 17.4 Å². The maximum absolute atomic E-state index is 6.01. The zero-order valence-electron chi connectivity index (χ0n) is 9.62. The van der Waals surface area contributed by atoms with Crippen molar-refractivity contribution in [3.05, 3.63) is 18.1 Å². The first-order valence-corrected chi connectivity index (χ1v) is 6.45. The van der Waals surface area contributed by atoms with Gasteiger partial charge in [0.15, 0.2) is 0 Å². The van der Waals surface area contributed by atoms with E-state index >= 15 is 0 Å². The average Bonchev–Trinajstić information content (AvgIpc) is 2.33. The summed E-state index contributed by atoms with van der Waals surface area (Å²) >= 11 is 6.01. The fourth-order valence-electron chi connectivity index (χ4n) is 2.31. The summed E-state index contributed by atoms with van der Waals surface area (Å²) in [5.41, 5.74) is 0.960. The summed E-state index contributed by atoms with van der Waals surface area (Å²) in [6, 6.07) is 0.460. The molecule has 2 rings (SSSR count). The van der Waals surface area contributed by atoms with Crippen LogP contribution in [0.5, 0.6) is 0 Å². The standard InChI is InChI=1S/C12H18ClN3/c1-9-12(15-7-6-14-9)16-11-5-3-2-4-10(11)8-13/h6-7,10-11H,2-5,8H2,1H3,(H,15,16). The van der Waals surface area contributed by atoms with E-state index in [0.717, 1.165) is 17.4 Å². The number of hydrogen-bond acceptors (Lipinski definition) is 3. The Balaban J connectivity index is 2.05. The van der Waals surface area contributed by atoms with Crippen LogP contribution in [0.15, 0.2) is 12.4 Å². The molecule has 2 atom stereocenters. The molecule has 1 N–H and O–H groups in total. The van der Waals surface area contributed by atoms with Gasteiger partial charge >= 0.3 is 0 Å². The van der Waals surface area contributed by atoms with Crippen LogP contribution < -0.4 is 5.32 Å². The highest BCUT2D eigenvalue weighted by Gasteiger charge is 2.24. The first-order valence-electron chi connectivity index (χ1n) is 5.91. The summed E-state index contributed by atoms with van der Waals surface area (Å²) in [5, 5.41) is 3.49. The Bertz CT molecular complexity index is 343. The highest BCUT2D eigenvalue weighted by molar-refractivity contribution is 6.18. The monoisotopic (exact) mass is 239 g/mol. The molecule has 0 saturated heterocycles. The highest BCUT2D eigenvalue weighted by Crippen LogP contribution is 2.28. The minimum Gasteiger partial charge on any atom is -0.366 e. The van der Waals surface area contributed by atoms with Crippen LogP contribution in [0.3, 0.4) is 0 Å². The van der Waals surface area contributed by atoms with E-state index in [1.54, 1.807) is 12.4 Å². The second kappa shape index (κ2) is 5.48. The molecule has 3 nitrogen and oxygen atoms in total. The molecule has 2 unspecified atom stereocenters. The van der Waals surface area contributed by atoms with E-state index in [1.807, 2.05) is 6.92 Å². The van der Waals surface area contributed by atoms with Crippen molar-refractivity contribution in [2.45, 2.75) is 38.6 Å². The van der Waals surface area contributed by atoms with Gasteiger partial charge in [-0.25, -0.2) is 4.98 Å². The number of halogens is 1. The Kier molecular flexibility index (Phi) is 3.99. The van der Waals surface area contributed by atoms with Gasteiger partial charge in [0, 0.05) is 24.3 Å². The molecule has 1 saturated carbocycles. The maximum Gasteiger partial charge on any atom is 0.147 e. The number of aryl methyl sites for hydroxylation is 1. The summed E-state index contributed by atoms with van der Waals surface area (Å²) < 4.78 is 0. The summed E-state index contributed by atoms with van der Waals surface area (Å²) in [4.78, 5) is 8.56. The Morgan fingerprint density at radius 3 is 2.81 bits per heavy atom. The van der Waals surface area contributed by atoms with Gasteiger partial charge in [0.1, 0.15) is 5.82 Å². The van der Waals surface area contributed by atoms with E-state index in [2.05, 4.69) is 15.3 Å². The zero-order valence-corrected chi connectivity index (χ0v) is 10.4. The van der Waals surface area contributed by atoms with Crippen molar-refractivity contribution in [1.82, 2.24) is 9.97 Å². The molecule has 16 heavy (non-hydrogen) atoms. The Morgan fingerprint density at radius 2 is 2.06 bits per heavy atom. The molecule has 1 fully saturated rings. The van der Waals surface area contributed by atoms with Crippen LogP contribution in [0.4, 0.5) is 5.82 Å². The van der Waals surface area contributed by atoms with Crippen LogP contribution in [0.2, 0.25) is 0 Å². The predicted octanol–water partition coefficient (Wildman–Crippen LogP) is 2.99. The topological polar surface area (TPSA) is 37.8 Å². The van der Waals surface area contributed by atoms with Gasteiger partial charge in [0.2, 0.25) is 0 Å². The lowest BCUT2D eigenvalue weighted by Gasteiger charge is -2.31. The molecule has 0 aliphatic heterocycles. The molecule has 0 amide bonds. The maximum atomic E-state index is 6.01. The van der Waals surface area contributed by atoms with Crippen LogP contribution >= 0.6 is 11.6 Å². The predicted molar refractivity (Wildman–Crippen MR) is 66.9 cm³/mol. The fraction of sp³-hybridized carbons (Fsp3) is 0.667. The summed E-state index contributed by atoms with van der Waals surface area (Å²) in [6.45, 7) is 1.98. The molecule has 0 bridgehead atoms. The first-order chi connectivity index (χ1) is 7.81. The van der Waals surface area contributed by atoms with Gasteiger partial charge in [-0.1, -0.05) is 12.8 Å². The van der Waals surface area contributed by atoms with Gasteiger partial charge in [-0.2, -0.15) is 0 Å². The lowest BCUT2D eigenvalue weighted by molar-refractivity contribution is 0.352. The molecule has 0 radical (unpaired) electrons. The van der Waals surface area contributed by atoms with E-state index in [1.165, 1.54) is 25.7 Å². The van der Waals surface area contributed by atoms with E-state index in [4.69, 9.17) is 11.6 Å². The van der Waals surface area contributed by atoms with Crippen molar-refractivity contribution in [2.24, 2.45) is 5.92 Å². The molecular weight excluding hydrogens is 222 g/mol. The van der Waals surface area contributed by atoms with Crippen LogP contribution in [-0.4, -0.2) is 21.9 Å². The molecular formula is C12H18ClN3. The zero-order chi connectivity index (χ0) is 11.4. The minimum atomic E-state index is 0.460. The van der Waals surface area contributed by atoms with E-state index < -0.39 is 0 Å². The largest absolute Gasteiger partial charge is 0.366 e. The Hall–Kier alpha value is -0.830. The smallest absolute Gasteiger partial charge is 0.147 e. The van der Waals surface area contributed by atoms with Gasteiger partial charge in [-0.05, 0) is 25.7 Å². The minimum absolute atomic E-state index is 0.460. The van der Waals surface area contributed by atoms with E-state index in [9.17, 15) is 0 Å². The van der Waals surface area contributed by atoms with Crippen LogP contribution in [-0.2, 0) is 0 Å². The molecule has 0 spiro atoms. The highest BCUT2D eigenvalue weighted by atomic mass is 35.5. The third-order valence-electron chi connectivity index (χ3n) is 3.31. The quantitative estimate of drug-likeness (QED) is 0.824. The number of anilines is 1. The van der Waals surface area contributed by atoms with Crippen molar-refractivity contribution < 1.29 is 0 Å². The molecule has 88 valence electrons. The third kappa shape index (κ3) is 2.64. The second-order valence-corrected chi connectivity index (χ2v) is 4.75. The molecule has 1 aliphatic carbocycles. The third-order valence-corrected chi connectivity index (χ3v) is 3.71. The molecule has 1 aromatic rings. The van der Waals surface area contributed by atoms with Crippen LogP contribution in [0.1, 0.15) is 31.4 Å². The SMILES string of the molecule is Cc1nccnc1NC1CCCCC1CCl. The summed E-state index contributed by atoms with van der Waals surface area (Å²) in [7, 11) is 0. The van der Waals surface area contributed by atoms with Crippen molar-refractivity contribution in [1.29, 1.82) is 0 Å². The molecule has 0 aromatic carbocycles. The van der Waals surface area contributed by atoms with Crippen molar-refractivity contribution in [3.63, 3.8) is 0 Å². The molecule has 1 aromatic heterocycles. The summed E-state index contributed by atoms with van der Waals surface area (Å²) in [6.07, 6.45) is 8.45. The average molecular weight is 240 g/mol. The number of rotatable bonds is 3. The van der Waals surface area contributed by atoms with Gasteiger partial charge in [0.25, 0.3) is 0 Å². The first kappa shape index (κ1) is 11.6. The van der Waals surface area contributed by atoms with E-state index in [0.29, 0.717) is 12.0 Å². The van der Waals surface area contributed by atoms with Gasteiger partial charge < -0.3 is 5.32 Å². The number of nitrogens with zero attached hydrogens (tertiary/aromatic N) is 2. The summed E-state index contributed by atoms with van der Waals surface area (Å²) in [5.74, 6) is 2.21. The Labute approximate surface area is 102 Å². The number of alkyl halides is 1. The molecule has 1 heterocycles. The lowest BCUT2D eigenvalue weighted by Crippen LogP contribution is -2.33. The lowest BCUT2D eigenvalue weighted by atomic mass is 9.86. The van der Waals surface area contributed by atoms with Crippen molar-refractivity contribution in [3.8, 4) is 0 Å².